The van der Waals surface area contributed by atoms with E-state index in [1.165, 1.54) is 12.5 Å². The van der Waals surface area contributed by atoms with Gasteiger partial charge in [-0.25, -0.2) is 4.98 Å². The van der Waals surface area contributed by atoms with Crippen LogP contribution in [0.15, 0.2) is 47.4 Å². The zero-order valence-corrected chi connectivity index (χ0v) is 18.1. The van der Waals surface area contributed by atoms with Crippen LogP contribution >= 0.6 is 0 Å². The SMILES string of the molecule is CC(CN1CCN(c2ccccn2)CC1)NC(=O)C1CCN(C(=O)c2ccoc2)CC1. The summed E-state index contributed by atoms with van der Waals surface area (Å²) in [5.74, 6) is 1.08. The maximum atomic E-state index is 12.7. The molecule has 0 saturated carbocycles. The summed E-state index contributed by atoms with van der Waals surface area (Å²) in [6.45, 7) is 7.94. The molecule has 0 aliphatic carbocycles. The number of nitrogens with zero attached hydrogens (tertiary/aromatic N) is 4. The number of carbonyl (C=O) groups is 2. The second-order valence-corrected chi connectivity index (χ2v) is 8.46. The third-order valence-corrected chi connectivity index (χ3v) is 6.19. The molecule has 2 aliphatic rings. The highest BCUT2D eigenvalue weighted by molar-refractivity contribution is 5.94. The lowest BCUT2D eigenvalue weighted by Gasteiger charge is -2.37. The van der Waals surface area contributed by atoms with Gasteiger partial charge in [0.15, 0.2) is 0 Å². The molecular weight excluding hydrogens is 394 g/mol. The molecule has 31 heavy (non-hydrogen) atoms. The molecular formula is C23H31N5O3. The Morgan fingerprint density at radius 1 is 1.13 bits per heavy atom. The van der Waals surface area contributed by atoms with E-state index in [-0.39, 0.29) is 23.8 Å². The van der Waals surface area contributed by atoms with Crippen LogP contribution in [0.1, 0.15) is 30.1 Å². The Morgan fingerprint density at radius 3 is 2.55 bits per heavy atom. The van der Waals surface area contributed by atoms with Crippen molar-refractivity contribution in [3.63, 3.8) is 0 Å². The second-order valence-electron chi connectivity index (χ2n) is 8.46. The van der Waals surface area contributed by atoms with Gasteiger partial charge in [-0.15, -0.1) is 0 Å². The highest BCUT2D eigenvalue weighted by Gasteiger charge is 2.29. The fourth-order valence-electron chi connectivity index (χ4n) is 4.41. The van der Waals surface area contributed by atoms with Crippen LogP contribution in [0, 0.1) is 5.92 Å². The Labute approximate surface area is 183 Å². The number of anilines is 1. The largest absolute Gasteiger partial charge is 0.472 e. The summed E-state index contributed by atoms with van der Waals surface area (Å²) >= 11 is 0. The van der Waals surface area contributed by atoms with E-state index in [0.29, 0.717) is 31.5 Å². The van der Waals surface area contributed by atoms with Gasteiger partial charge in [0.2, 0.25) is 5.91 Å². The van der Waals surface area contributed by atoms with Crippen LogP contribution < -0.4 is 10.2 Å². The van der Waals surface area contributed by atoms with Gasteiger partial charge in [0.25, 0.3) is 5.91 Å². The number of piperidine rings is 1. The number of piperazine rings is 1. The zero-order valence-electron chi connectivity index (χ0n) is 18.1. The molecule has 2 aliphatic heterocycles. The number of hydrogen-bond donors (Lipinski definition) is 1. The number of amides is 2. The van der Waals surface area contributed by atoms with E-state index in [4.69, 9.17) is 4.42 Å². The number of hydrogen-bond acceptors (Lipinski definition) is 6. The summed E-state index contributed by atoms with van der Waals surface area (Å²) < 4.78 is 5.00. The van der Waals surface area contributed by atoms with Gasteiger partial charge in [-0.3, -0.25) is 14.5 Å². The molecule has 166 valence electrons. The monoisotopic (exact) mass is 425 g/mol. The van der Waals surface area contributed by atoms with Crippen molar-refractivity contribution >= 4 is 17.6 Å². The van der Waals surface area contributed by atoms with Gasteiger partial charge in [0.05, 0.1) is 11.8 Å². The fourth-order valence-corrected chi connectivity index (χ4v) is 4.41. The van der Waals surface area contributed by atoms with Crippen molar-refractivity contribution in [2.45, 2.75) is 25.8 Å². The summed E-state index contributed by atoms with van der Waals surface area (Å²) in [5.41, 5.74) is 0.569. The van der Waals surface area contributed by atoms with E-state index in [0.717, 1.165) is 38.5 Å². The number of aromatic nitrogens is 1. The first-order valence-corrected chi connectivity index (χ1v) is 11.1. The molecule has 1 atom stereocenters. The van der Waals surface area contributed by atoms with Crippen LogP contribution in [0.25, 0.3) is 0 Å². The molecule has 8 heteroatoms. The number of carbonyl (C=O) groups excluding carboxylic acids is 2. The zero-order chi connectivity index (χ0) is 21.6. The van der Waals surface area contributed by atoms with Gasteiger partial charge in [-0.2, -0.15) is 0 Å². The Hall–Kier alpha value is -2.87. The molecule has 2 fully saturated rings. The van der Waals surface area contributed by atoms with Crippen molar-refractivity contribution in [1.29, 1.82) is 0 Å². The first-order valence-electron chi connectivity index (χ1n) is 11.1. The number of pyridine rings is 1. The minimum atomic E-state index is -0.0307. The minimum absolute atomic E-state index is 0.0224. The van der Waals surface area contributed by atoms with E-state index < -0.39 is 0 Å². The minimum Gasteiger partial charge on any atom is -0.472 e. The lowest BCUT2D eigenvalue weighted by molar-refractivity contribution is -0.127. The summed E-state index contributed by atoms with van der Waals surface area (Å²) in [6, 6.07) is 7.78. The van der Waals surface area contributed by atoms with Crippen LogP contribution in [0.5, 0.6) is 0 Å². The molecule has 0 aromatic carbocycles. The van der Waals surface area contributed by atoms with Gasteiger partial charge >= 0.3 is 0 Å². The molecule has 1 N–H and O–H groups in total. The normalized spacial score (nSPS) is 19.3. The number of nitrogens with one attached hydrogen (secondary N) is 1. The van der Waals surface area contributed by atoms with Gasteiger partial charge < -0.3 is 19.5 Å². The maximum absolute atomic E-state index is 12.7. The molecule has 2 saturated heterocycles. The van der Waals surface area contributed by atoms with Crippen molar-refractivity contribution in [2.75, 3.05) is 50.7 Å². The van der Waals surface area contributed by atoms with Crippen molar-refractivity contribution < 1.29 is 14.0 Å². The molecule has 2 aromatic heterocycles. The van der Waals surface area contributed by atoms with E-state index in [1.54, 1.807) is 11.0 Å². The molecule has 2 aromatic rings. The summed E-state index contributed by atoms with van der Waals surface area (Å²) in [7, 11) is 0. The van der Waals surface area contributed by atoms with Gasteiger partial charge in [-0.05, 0) is 38.0 Å². The van der Waals surface area contributed by atoms with Crippen LogP contribution in [-0.4, -0.2) is 78.5 Å². The average molecular weight is 426 g/mol. The van der Waals surface area contributed by atoms with Crippen LogP contribution in [0.3, 0.4) is 0 Å². The van der Waals surface area contributed by atoms with Crippen molar-refractivity contribution in [3.05, 3.63) is 48.6 Å². The molecule has 0 bridgehead atoms. The molecule has 1 unspecified atom stereocenters. The third kappa shape index (κ3) is 5.44. The van der Waals surface area contributed by atoms with Gasteiger partial charge in [0.1, 0.15) is 12.1 Å². The van der Waals surface area contributed by atoms with E-state index >= 15 is 0 Å². The van der Waals surface area contributed by atoms with Crippen LogP contribution in [-0.2, 0) is 4.79 Å². The average Bonchev–Trinajstić information content (AvgIpc) is 3.35. The topological polar surface area (TPSA) is 81.9 Å². The van der Waals surface area contributed by atoms with Crippen molar-refractivity contribution in [3.8, 4) is 0 Å². The Morgan fingerprint density at radius 2 is 1.90 bits per heavy atom. The second kappa shape index (κ2) is 9.96. The molecule has 4 heterocycles. The first kappa shape index (κ1) is 21.4. The number of likely N-dealkylation sites (tertiary alicyclic amines) is 1. The van der Waals surface area contributed by atoms with Crippen LogP contribution in [0.4, 0.5) is 5.82 Å². The summed E-state index contributed by atoms with van der Waals surface area (Å²) in [5, 5.41) is 3.19. The number of furan rings is 1. The quantitative estimate of drug-likeness (QED) is 0.761. The van der Waals surface area contributed by atoms with Crippen molar-refractivity contribution in [1.82, 2.24) is 20.1 Å². The summed E-state index contributed by atoms with van der Waals surface area (Å²) in [6.07, 6.45) is 6.21. The molecule has 2 amide bonds. The Balaban J connectivity index is 1.17. The van der Waals surface area contributed by atoms with Gasteiger partial charge in [0, 0.05) is 64.0 Å². The fraction of sp³-hybridized carbons (Fsp3) is 0.522. The van der Waals surface area contributed by atoms with Gasteiger partial charge in [-0.1, -0.05) is 6.07 Å². The Kier molecular flexibility index (Phi) is 6.86. The standard InChI is InChI=1S/C23H31N5O3/c1-18(16-26-11-13-27(14-12-26)21-4-2-3-8-24-21)25-22(29)19-5-9-28(10-6-19)23(30)20-7-15-31-17-20/h2-4,7-8,15,17-19H,5-6,9-14,16H2,1H3,(H,25,29). The third-order valence-electron chi connectivity index (χ3n) is 6.19. The predicted molar refractivity (Wildman–Crippen MR) is 118 cm³/mol. The van der Waals surface area contributed by atoms with Crippen LogP contribution in [0.2, 0.25) is 0 Å². The van der Waals surface area contributed by atoms with E-state index in [1.807, 2.05) is 24.4 Å². The maximum Gasteiger partial charge on any atom is 0.257 e. The highest BCUT2D eigenvalue weighted by atomic mass is 16.3. The number of rotatable bonds is 6. The first-order chi connectivity index (χ1) is 15.1. The lowest BCUT2D eigenvalue weighted by Crippen LogP contribution is -2.52. The molecule has 4 rings (SSSR count). The molecule has 0 radical (unpaired) electrons. The summed E-state index contributed by atoms with van der Waals surface area (Å²) in [4.78, 5) is 36.1. The molecule has 0 spiro atoms. The lowest BCUT2D eigenvalue weighted by atomic mass is 9.95. The predicted octanol–water partition coefficient (Wildman–Crippen LogP) is 1.85. The molecule has 8 nitrogen and oxygen atoms in total. The highest BCUT2D eigenvalue weighted by Crippen LogP contribution is 2.20. The van der Waals surface area contributed by atoms with E-state index in [2.05, 4.69) is 27.0 Å². The van der Waals surface area contributed by atoms with Crippen molar-refractivity contribution in [2.24, 2.45) is 5.92 Å². The Bertz CT molecular complexity index is 841. The van der Waals surface area contributed by atoms with E-state index in [9.17, 15) is 9.59 Å². The smallest absolute Gasteiger partial charge is 0.257 e.